The van der Waals surface area contributed by atoms with Crippen molar-refractivity contribution in [1.82, 2.24) is 0 Å². The molecule has 0 bridgehead atoms. The van der Waals surface area contributed by atoms with Gasteiger partial charge in [0.25, 0.3) is 0 Å². The number of phenolic OH excluding ortho intramolecular Hbond substituents is 1. The van der Waals surface area contributed by atoms with Crippen LogP contribution in [0, 0.1) is 0 Å². The zero-order chi connectivity index (χ0) is 23.0. The third-order valence-corrected chi connectivity index (χ3v) is 5.55. The minimum atomic E-state index is -1.67. The van der Waals surface area contributed by atoms with E-state index in [9.17, 15) is 30.3 Å². The van der Waals surface area contributed by atoms with Gasteiger partial charge in [-0.15, -0.1) is 0 Å². The summed E-state index contributed by atoms with van der Waals surface area (Å²) < 4.78 is 22.0. The summed E-state index contributed by atoms with van der Waals surface area (Å²) in [4.78, 5) is 13.0. The van der Waals surface area contributed by atoms with Gasteiger partial charge in [0.2, 0.25) is 6.29 Å². The predicted molar refractivity (Wildman–Crippen MR) is 108 cm³/mol. The third kappa shape index (κ3) is 4.10. The van der Waals surface area contributed by atoms with Crippen LogP contribution in [0.3, 0.4) is 0 Å². The summed E-state index contributed by atoms with van der Waals surface area (Å²) in [6.45, 7) is -0.630. The first-order chi connectivity index (χ1) is 15.3. The van der Waals surface area contributed by atoms with Gasteiger partial charge in [-0.1, -0.05) is 12.1 Å². The van der Waals surface area contributed by atoms with E-state index in [4.69, 9.17) is 18.9 Å². The van der Waals surface area contributed by atoms with E-state index in [1.807, 2.05) is 0 Å². The number of ether oxygens (including phenoxy) is 4. The number of aromatic hydroxyl groups is 1. The van der Waals surface area contributed by atoms with Crippen molar-refractivity contribution in [2.45, 2.75) is 43.2 Å². The van der Waals surface area contributed by atoms with Gasteiger partial charge >= 0.3 is 0 Å². The van der Waals surface area contributed by atoms with E-state index < -0.39 is 43.4 Å². The number of carbonyl (C=O) groups excluding carboxylic acids is 1. The van der Waals surface area contributed by atoms with E-state index in [1.165, 1.54) is 6.07 Å². The van der Waals surface area contributed by atoms with Gasteiger partial charge in [-0.2, -0.15) is 0 Å². The average molecular weight is 448 g/mol. The van der Waals surface area contributed by atoms with E-state index >= 15 is 0 Å². The molecule has 10 heteroatoms. The van der Waals surface area contributed by atoms with Gasteiger partial charge in [-0.05, 0) is 17.7 Å². The fraction of sp³-hybridized carbons (Fsp3) is 0.409. The Hall–Kier alpha value is -2.89. The Morgan fingerprint density at radius 2 is 1.78 bits per heavy atom. The van der Waals surface area contributed by atoms with E-state index in [2.05, 4.69) is 0 Å². The molecule has 1 fully saturated rings. The number of aliphatic hydroxyl groups is 4. The summed E-state index contributed by atoms with van der Waals surface area (Å²) in [7, 11) is 1.55. The maximum atomic E-state index is 13.0. The molecule has 0 amide bonds. The van der Waals surface area contributed by atoms with Crippen LogP contribution in [0.15, 0.2) is 36.4 Å². The Balaban J connectivity index is 1.61. The van der Waals surface area contributed by atoms with Gasteiger partial charge in [0.15, 0.2) is 5.78 Å². The number of hydrogen-bond acceptors (Lipinski definition) is 10. The lowest BCUT2D eigenvalue weighted by Gasteiger charge is -2.40. The van der Waals surface area contributed by atoms with Crippen LogP contribution in [0.2, 0.25) is 0 Å². The average Bonchev–Trinajstić information content (AvgIpc) is 2.78. The fourth-order valence-corrected chi connectivity index (χ4v) is 3.80. The van der Waals surface area contributed by atoms with Gasteiger partial charge in [0.1, 0.15) is 59.1 Å². The van der Waals surface area contributed by atoms with Crippen LogP contribution in [0.1, 0.15) is 28.4 Å². The van der Waals surface area contributed by atoms with E-state index in [-0.39, 0.29) is 35.0 Å². The van der Waals surface area contributed by atoms with E-state index in [0.29, 0.717) is 5.75 Å². The maximum absolute atomic E-state index is 13.0. The molecule has 0 unspecified atom stereocenters. The summed E-state index contributed by atoms with van der Waals surface area (Å²) in [6.07, 6.45) is -8.16. The van der Waals surface area contributed by atoms with Crippen molar-refractivity contribution in [3.63, 3.8) is 0 Å². The number of rotatable bonds is 5. The van der Waals surface area contributed by atoms with Gasteiger partial charge in [-0.3, -0.25) is 4.79 Å². The van der Waals surface area contributed by atoms with Crippen molar-refractivity contribution < 1.29 is 49.3 Å². The highest BCUT2D eigenvalue weighted by Crippen LogP contribution is 2.43. The summed E-state index contributed by atoms with van der Waals surface area (Å²) in [5.74, 6) is 0.0338. The highest BCUT2D eigenvalue weighted by atomic mass is 16.7. The van der Waals surface area contributed by atoms with Gasteiger partial charge in [0, 0.05) is 12.1 Å². The standard InChI is InChI=1S/C22H24O10/c1-29-12-4-2-10(3-5-12)14-8-13(25)18-15(30-14)6-11(24)7-16(18)31-22-21(28)20(27)19(26)17(9-23)32-22/h2-7,14,17,19-24,26-28H,8-9H2,1H3/t14-,17+,19-,20+,21-,22-/m1/s1. The van der Waals surface area contributed by atoms with Crippen molar-refractivity contribution >= 4 is 5.78 Å². The second kappa shape index (κ2) is 8.93. The highest BCUT2D eigenvalue weighted by molar-refractivity contribution is 6.02. The summed E-state index contributed by atoms with van der Waals surface area (Å²) in [5.41, 5.74) is 0.786. The van der Waals surface area contributed by atoms with Crippen molar-refractivity contribution in [2.24, 2.45) is 0 Å². The fourth-order valence-electron chi connectivity index (χ4n) is 3.80. The molecule has 2 aromatic rings. The molecular formula is C22H24O10. The van der Waals surface area contributed by atoms with E-state index in [0.717, 1.165) is 11.6 Å². The van der Waals surface area contributed by atoms with Crippen LogP contribution < -0.4 is 14.2 Å². The first kappa shape index (κ1) is 22.3. The topological polar surface area (TPSA) is 155 Å². The second-order valence-electron chi connectivity index (χ2n) is 7.64. The van der Waals surface area contributed by atoms with Crippen molar-refractivity contribution in [1.29, 1.82) is 0 Å². The van der Waals surface area contributed by atoms with Crippen LogP contribution in [0.4, 0.5) is 0 Å². The van der Waals surface area contributed by atoms with Crippen LogP contribution in [0.5, 0.6) is 23.0 Å². The van der Waals surface area contributed by atoms with Gasteiger partial charge in [-0.25, -0.2) is 0 Å². The Morgan fingerprint density at radius 1 is 1.06 bits per heavy atom. The number of aliphatic hydroxyl groups excluding tert-OH is 4. The zero-order valence-corrected chi connectivity index (χ0v) is 17.1. The molecule has 0 spiro atoms. The summed E-state index contributed by atoms with van der Waals surface area (Å²) in [5, 5.41) is 49.6. The number of benzene rings is 2. The molecule has 0 radical (unpaired) electrons. The van der Waals surface area contributed by atoms with Gasteiger partial charge < -0.3 is 44.5 Å². The molecule has 0 aromatic heterocycles. The van der Waals surface area contributed by atoms with Gasteiger partial charge in [0.05, 0.1) is 20.1 Å². The number of hydrogen-bond donors (Lipinski definition) is 5. The van der Waals surface area contributed by atoms with Crippen LogP contribution in [-0.2, 0) is 4.74 Å². The maximum Gasteiger partial charge on any atom is 0.229 e. The molecule has 2 aliphatic rings. The van der Waals surface area contributed by atoms with Crippen molar-refractivity contribution in [3.05, 3.63) is 47.5 Å². The first-order valence-corrected chi connectivity index (χ1v) is 10.0. The van der Waals surface area contributed by atoms with Crippen molar-refractivity contribution in [3.8, 4) is 23.0 Å². The molecule has 0 saturated carbocycles. The van der Waals surface area contributed by atoms with Crippen LogP contribution >= 0.6 is 0 Å². The SMILES string of the molecule is COc1ccc([C@H]2CC(=O)c3c(O[C@@H]4O[C@@H](CO)[C@@H](O)[C@H](O)[C@H]4O)cc(O)cc3O2)cc1. The molecule has 6 atom stereocenters. The minimum Gasteiger partial charge on any atom is -0.508 e. The molecule has 10 nitrogen and oxygen atoms in total. The number of methoxy groups -OCH3 is 1. The highest BCUT2D eigenvalue weighted by Gasteiger charge is 2.45. The monoisotopic (exact) mass is 448 g/mol. The van der Waals surface area contributed by atoms with E-state index in [1.54, 1.807) is 31.4 Å². The molecule has 2 heterocycles. The Kier molecular flexibility index (Phi) is 6.22. The molecule has 172 valence electrons. The number of phenols is 1. The molecule has 2 aliphatic heterocycles. The normalized spacial score (nSPS) is 29.7. The Morgan fingerprint density at radius 3 is 2.44 bits per heavy atom. The predicted octanol–water partition coefficient (Wildman–Crippen LogP) is 0.286. The molecule has 2 aromatic carbocycles. The number of ketones is 1. The molecule has 5 N–H and O–H groups in total. The second-order valence-corrected chi connectivity index (χ2v) is 7.64. The van der Waals surface area contributed by atoms with Crippen LogP contribution in [0.25, 0.3) is 0 Å². The van der Waals surface area contributed by atoms with Crippen molar-refractivity contribution in [2.75, 3.05) is 13.7 Å². The number of carbonyl (C=O) groups is 1. The summed E-state index contributed by atoms with van der Waals surface area (Å²) >= 11 is 0. The zero-order valence-electron chi connectivity index (χ0n) is 17.1. The molecule has 32 heavy (non-hydrogen) atoms. The molecule has 4 rings (SSSR count). The molecule has 0 aliphatic carbocycles. The molecular weight excluding hydrogens is 424 g/mol. The molecule has 1 saturated heterocycles. The first-order valence-electron chi connectivity index (χ1n) is 10.0. The van der Waals surface area contributed by atoms with Crippen LogP contribution in [-0.4, -0.2) is 75.7 Å². The Bertz CT molecular complexity index is 973. The lowest BCUT2D eigenvalue weighted by Crippen LogP contribution is -2.60. The lowest BCUT2D eigenvalue weighted by atomic mass is 9.95. The number of fused-ring (bicyclic) bond motifs is 1. The summed E-state index contributed by atoms with van der Waals surface area (Å²) in [6, 6.07) is 9.48. The third-order valence-electron chi connectivity index (χ3n) is 5.55. The Labute approximate surface area is 183 Å². The largest absolute Gasteiger partial charge is 0.508 e. The smallest absolute Gasteiger partial charge is 0.229 e. The quantitative estimate of drug-likeness (QED) is 0.431. The minimum absolute atomic E-state index is 0.00482. The number of Topliss-reactive ketones (excluding diaryl/α,β-unsaturated/α-hetero) is 1. The lowest BCUT2D eigenvalue weighted by molar-refractivity contribution is -0.277.